The summed E-state index contributed by atoms with van der Waals surface area (Å²) in [5, 5.41) is 11.5. The van der Waals surface area contributed by atoms with Gasteiger partial charge in [-0.25, -0.2) is 22.7 Å². The number of rotatable bonds is 8. The second-order valence-electron chi connectivity index (χ2n) is 9.07. The van der Waals surface area contributed by atoms with Gasteiger partial charge in [-0.2, -0.15) is 0 Å². The van der Waals surface area contributed by atoms with Crippen LogP contribution in [0, 0.1) is 12.8 Å². The van der Waals surface area contributed by atoms with Gasteiger partial charge in [-0.1, -0.05) is 60.7 Å². The van der Waals surface area contributed by atoms with E-state index in [0.29, 0.717) is 18.5 Å². The van der Waals surface area contributed by atoms with Gasteiger partial charge < -0.3 is 26.8 Å². The zero-order valence-corrected chi connectivity index (χ0v) is 21.3. The lowest BCUT2D eigenvalue weighted by Crippen LogP contribution is -3.00. The van der Waals surface area contributed by atoms with E-state index in [2.05, 4.69) is 16.7 Å². The highest BCUT2D eigenvalue weighted by Gasteiger charge is 2.52. The number of benzene rings is 2. The highest BCUT2D eigenvalue weighted by atomic mass is 79.9. The number of aromatic nitrogens is 2. The Hall–Kier alpha value is -2.58. The molecule has 188 valence electrons. The molecule has 0 radical (unpaired) electrons. The van der Waals surface area contributed by atoms with E-state index in [0.717, 1.165) is 12.4 Å². The number of nitrogens with zero attached hydrogens (tertiary/aromatic N) is 2. The molecule has 0 spiro atoms. The first-order valence-corrected chi connectivity index (χ1v) is 11.7. The van der Waals surface area contributed by atoms with Crippen molar-refractivity contribution in [3.8, 4) is 0 Å². The van der Waals surface area contributed by atoms with Crippen LogP contribution in [0.1, 0.15) is 42.6 Å². The summed E-state index contributed by atoms with van der Waals surface area (Å²) in [6.45, 7) is 3.13. The maximum Gasteiger partial charge on any atom is 0.343 e. The molecule has 1 heterocycles. The smallest absolute Gasteiger partial charge is 0.343 e. The van der Waals surface area contributed by atoms with Crippen LogP contribution in [0.4, 0.5) is 8.78 Å². The predicted octanol–water partition coefficient (Wildman–Crippen LogP) is 1.39. The molecule has 0 unspecified atom stereocenters. The van der Waals surface area contributed by atoms with Gasteiger partial charge in [0.1, 0.15) is 32.1 Å². The zero-order valence-electron chi connectivity index (χ0n) is 19.7. The third kappa shape index (κ3) is 6.16. The van der Waals surface area contributed by atoms with Crippen molar-refractivity contribution in [2.75, 3.05) is 6.61 Å². The van der Waals surface area contributed by atoms with Gasteiger partial charge in [-0.15, -0.1) is 0 Å². The van der Waals surface area contributed by atoms with Crippen molar-refractivity contribution in [1.29, 1.82) is 0 Å². The van der Waals surface area contributed by atoms with Gasteiger partial charge in [-0.3, -0.25) is 0 Å². The van der Waals surface area contributed by atoms with Gasteiger partial charge in [0, 0.05) is 25.7 Å². The molecule has 1 fully saturated rings. The van der Waals surface area contributed by atoms with Crippen LogP contribution in [0.2, 0.25) is 0 Å². The van der Waals surface area contributed by atoms with Crippen molar-refractivity contribution in [3.63, 3.8) is 0 Å². The fourth-order valence-electron chi connectivity index (χ4n) is 4.81. The minimum Gasteiger partial charge on any atom is -1.00 e. The molecule has 1 aromatic heterocycles. The van der Waals surface area contributed by atoms with Crippen molar-refractivity contribution >= 4 is 5.97 Å². The SMILES string of the molecule is Cc1n(CCOC(=O)[C@](O)(c2ccccc2)[C@H]2CCCC(F)(F)C2)cc[n+]1Cc1ccccc1.[Br-]. The number of hydrogen-bond acceptors (Lipinski definition) is 3. The quantitative estimate of drug-likeness (QED) is 0.342. The molecule has 2 atom stereocenters. The summed E-state index contributed by atoms with van der Waals surface area (Å²) in [6.07, 6.45) is 3.71. The standard InChI is InChI=1S/C27H31F2N2O3.BrH/c1-21-30(15-16-31(21)20-22-9-4-2-5-10-22)17-18-34-25(32)27(33,23-11-6-3-7-12-23)24-13-8-14-26(28,29)19-24;/h2-7,9-12,15-16,24,33H,8,13-14,17-20H2,1H3;1H/q+1;/p-1/t24-,27-;/m0./s1. The normalized spacial score (nSPS) is 18.8. The van der Waals surface area contributed by atoms with Gasteiger partial charge in [0.25, 0.3) is 5.82 Å². The molecule has 1 saturated carbocycles. The summed E-state index contributed by atoms with van der Waals surface area (Å²) in [5.74, 6) is -3.69. The van der Waals surface area contributed by atoms with Crippen LogP contribution in [0.25, 0.3) is 0 Å². The van der Waals surface area contributed by atoms with Gasteiger partial charge >= 0.3 is 5.97 Å². The Morgan fingerprint density at radius 2 is 1.83 bits per heavy atom. The highest BCUT2D eigenvalue weighted by molar-refractivity contribution is 5.81. The lowest BCUT2D eigenvalue weighted by molar-refractivity contribution is -0.694. The van der Waals surface area contributed by atoms with E-state index in [1.54, 1.807) is 30.3 Å². The number of esters is 1. The Labute approximate surface area is 215 Å². The largest absolute Gasteiger partial charge is 1.00 e. The number of aliphatic hydroxyl groups is 1. The second-order valence-corrected chi connectivity index (χ2v) is 9.07. The third-order valence-corrected chi connectivity index (χ3v) is 6.78. The van der Waals surface area contributed by atoms with Crippen LogP contribution in [-0.4, -0.2) is 28.2 Å². The summed E-state index contributed by atoms with van der Waals surface area (Å²) < 4.78 is 37.9. The summed E-state index contributed by atoms with van der Waals surface area (Å²) in [5.41, 5.74) is -0.637. The predicted molar refractivity (Wildman–Crippen MR) is 123 cm³/mol. The van der Waals surface area contributed by atoms with Crippen molar-refractivity contribution in [3.05, 3.63) is 90.0 Å². The zero-order chi connectivity index (χ0) is 24.2. The first-order chi connectivity index (χ1) is 16.3. The van der Waals surface area contributed by atoms with Gasteiger partial charge in [-0.05, 0) is 24.0 Å². The molecule has 1 aliphatic rings. The minimum absolute atomic E-state index is 0. The van der Waals surface area contributed by atoms with E-state index in [9.17, 15) is 18.7 Å². The average molecular weight is 549 g/mol. The fourth-order valence-corrected chi connectivity index (χ4v) is 4.81. The molecule has 0 saturated heterocycles. The Morgan fingerprint density at radius 1 is 1.17 bits per heavy atom. The Bertz CT molecular complexity index is 1110. The van der Waals surface area contributed by atoms with Crippen molar-refractivity contribution < 1.29 is 45.0 Å². The topological polar surface area (TPSA) is 55.3 Å². The first-order valence-electron chi connectivity index (χ1n) is 11.7. The molecule has 1 N–H and O–H groups in total. The van der Waals surface area contributed by atoms with E-state index < -0.39 is 29.8 Å². The first kappa shape index (κ1) is 27.0. The monoisotopic (exact) mass is 548 g/mol. The molecule has 2 aromatic carbocycles. The highest BCUT2D eigenvalue weighted by Crippen LogP contribution is 2.45. The van der Waals surface area contributed by atoms with Crippen molar-refractivity contribution in [2.45, 2.75) is 57.2 Å². The number of hydrogen-bond donors (Lipinski definition) is 1. The molecule has 35 heavy (non-hydrogen) atoms. The Balaban J connectivity index is 0.00000342. The van der Waals surface area contributed by atoms with Crippen LogP contribution < -0.4 is 21.5 Å². The van der Waals surface area contributed by atoms with E-state index in [-0.39, 0.29) is 36.4 Å². The number of carbonyl (C=O) groups is 1. The van der Waals surface area contributed by atoms with Gasteiger partial charge in [0.2, 0.25) is 5.92 Å². The Kier molecular flexibility index (Phi) is 8.83. The van der Waals surface area contributed by atoms with E-state index in [1.807, 2.05) is 42.1 Å². The number of carbonyl (C=O) groups excluding carboxylic acids is 1. The van der Waals surface area contributed by atoms with E-state index >= 15 is 0 Å². The van der Waals surface area contributed by atoms with Crippen LogP contribution in [-0.2, 0) is 28.2 Å². The maximum absolute atomic E-state index is 14.2. The number of imidazole rings is 1. The van der Waals surface area contributed by atoms with Crippen molar-refractivity contribution in [1.82, 2.24) is 4.57 Å². The molecule has 4 rings (SSSR count). The molecule has 0 bridgehead atoms. The van der Waals surface area contributed by atoms with Crippen LogP contribution >= 0.6 is 0 Å². The molecule has 1 aliphatic carbocycles. The summed E-state index contributed by atoms with van der Waals surface area (Å²) >= 11 is 0. The molecule has 0 aliphatic heterocycles. The third-order valence-electron chi connectivity index (χ3n) is 6.78. The molecular weight excluding hydrogens is 518 g/mol. The molecule has 5 nitrogen and oxygen atoms in total. The van der Waals surface area contributed by atoms with Crippen LogP contribution in [0.3, 0.4) is 0 Å². The lowest BCUT2D eigenvalue weighted by atomic mass is 9.72. The van der Waals surface area contributed by atoms with Crippen molar-refractivity contribution in [2.24, 2.45) is 5.92 Å². The van der Waals surface area contributed by atoms with Crippen LogP contribution in [0.15, 0.2) is 73.1 Å². The minimum atomic E-state index is -2.90. The van der Waals surface area contributed by atoms with Gasteiger partial charge in [0.05, 0.1) is 0 Å². The molecular formula is C27H31BrF2N2O3. The number of alkyl halides is 2. The summed E-state index contributed by atoms with van der Waals surface area (Å²) in [7, 11) is 0. The van der Waals surface area contributed by atoms with Crippen LogP contribution in [0.5, 0.6) is 0 Å². The van der Waals surface area contributed by atoms with E-state index in [1.165, 1.54) is 5.56 Å². The molecule has 3 aromatic rings. The second kappa shape index (κ2) is 11.4. The maximum atomic E-state index is 14.2. The summed E-state index contributed by atoms with van der Waals surface area (Å²) in [4.78, 5) is 13.2. The van der Waals surface area contributed by atoms with E-state index in [4.69, 9.17) is 4.74 Å². The number of ether oxygens (including phenoxy) is 1. The molecule has 8 heteroatoms. The molecule has 0 amide bonds. The average Bonchev–Trinajstić information content (AvgIpc) is 3.18. The fraction of sp³-hybridized carbons (Fsp3) is 0.407. The van der Waals surface area contributed by atoms with Gasteiger partial charge in [0.15, 0.2) is 5.60 Å². The lowest BCUT2D eigenvalue weighted by Gasteiger charge is -2.39. The number of halogens is 3. The summed E-state index contributed by atoms with van der Waals surface area (Å²) in [6, 6.07) is 18.4. The Morgan fingerprint density at radius 3 is 2.49 bits per heavy atom.